The number of aryl methyl sites for hydroxylation is 1. The molecule has 1 amide bonds. The number of carbonyl (C=O) groups excluding carboxylic acids is 1. The van der Waals surface area contributed by atoms with E-state index in [1.807, 2.05) is 18.7 Å². The van der Waals surface area contributed by atoms with Crippen LogP contribution in [0.15, 0.2) is 6.33 Å². The fourth-order valence-electron chi connectivity index (χ4n) is 1.17. The lowest BCUT2D eigenvalue weighted by molar-refractivity contribution is -0.120. The zero-order chi connectivity index (χ0) is 11.1. The summed E-state index contributed by atoms with van der Waals surface area (Å²) in [6, 6.07) is 0. The third-order valence-corrected chi connectivity index (χ3v) is 2.08. The number of nitrogens with one attached hydrogen (secondary N) is 2. The molecule has 0 saturated carbocycles. The minimum absolute atomic E-state index is 0.0616. The van der Waals surface area contributed by atoms with Gasteiger partial charge < -0.3 is 15.2 Å². The normalized spacial score (nSPS) is 10.3. The van der Waals surface area contributed by atoms with Crippen LogP contribution in [0.5, 0.6) is 0 Å². The van der Waals surface area contributed by atoms with E-state index in [9.17, 15) is 4.79 Å². The van der Waals surface area contributed by atoms with Crippen molar-refractivity contribution in [3.63, 3.8) is 0 Å². The molecule has 0 aliphatic rings. The predicted molar refractivity (Wildman–Crippen MR) is 56.3 cm³/mol. The number of carbonyl (C=O) groups is 1. The molecule has 0 aliphatic carbocycles. The van der Waals surface area contributed by atoms with E-state index in [0.29, 0.717) is 25.9 Å². The highest BCUT2D eigenvalue weighted by Gasteiger charge is 2.02. The zero-order valence-corrected chi connectivity index (χ0v) is 9.16. The second-order valence-electron chi connectivity index (χ2n) is 3.31. The summed E-state index contributed by atoms with van der Waals surface area (Å²) in [7, 11) is 3.71. The number of rotatable bonds is 6. The average molecular weight is 211 g/mol. The highest BCUT2D eigenvalue weighted by atomic mass is 16.1. The van der Waals surface area contributed by atoms with Gasteiger partial charge in [0.25, 0.3) is 0 Å². The van der Waals surface area contributed by atoms with Crippen molar-refractivity contribution in [1.29, 1.82) is 0 Å². The van der Waals surface area contributed by atoms with Gasteiger partial charge in [0.2, 0.25) is 5.91 Å². The Labute approximate surface area is 89.1 Å². The van der Waals surface area contributed by atoms with Gasteiger partial charge in [-0.25, -0.2) is 0 Å². The Hall–Kier alpha value is -1.43. The molecule has 0 aromatic carbocycles. The molecule has 1 aromatic heterocycles. The van der Waals surface area contributed by atoms with E-state index in [1.165, 1.54) is 0 Å². The summed E-state index contributed by atoms with van der Waals surface area (Å²) in [5.74, 6) is 0.940. The summed E-state index contributed by atoms with van der Waals surface area (Å²) in [6.07, 6.45) is 2.87. The van der Waals surface area contributed by atoms with E-state index < -0.39 is 0 Å². The third kappa shape index (κ3) is 4.07. The van der Waals surface area contributed by atoms with Crippen LogP contribution in [0.2, 0.25) is 0 Å². The number of hydrogen-bond acceptors (Lipinski definition) is 4. The Morgan fingerprint density at radius 3 is 2.93 bits per heavy atom. The Kier molecular flexibility index (Phi) is 4.76. The Morgan fingerprint density at radius 2 is 2.33 bits per heavy atom. The maximum Gasteiger partial charge on any atom is 0.221 e. The van der Waals surface area contributed by atoms with Gasteiger partial charge in [0.05, 0.1) is 0 Å². The molecular formula is C9H17N5O. The molecule has 1 rings (SSSR count). The first-order valence-electron chi connectivity index (χ1n) is 4.98. The van der Waals surface area contributed by atoms with Crippen molar-refractivity contribution in [1.82, 2.24) is 25.4 Å². The van der Waals surface area contributed by atoms with E-state index in [0.717, 1.165) is 5.82 Å². The first-order chi connectivity index (χ1) is 7.24. The van der Waals surface area contributed by atoms with Gasteiger partial charge >= 0.3 is 0 Å². The largest absolute Gasteiger partial charge is 0.356 e. The zero-order valence-electron chi connectivity index (χ0n) is 9.16. The summed E-state index contributed by atoms with van der Waals surface area (Å²) in [4.78, 5) is 11.2. The van der Waals surface area contributed by atoms with Crippen molar-refractivity contribution in [2.75, 3.05) is 20.1 Å². The number of aromatic nitrogens is 3. The summed E-state index contributed by atoms with van der Waals surface area (Å²) < 4.78 is 1.85. The highest BCUT2D eigenvalue weighted by Crippen LogP contribution is 1.91. The molecule has 0 radical (unpaired) electrons. The minimum Gasteiger partial charge on any atom is -0.356 e. The van der Waals surface area contributed by atoms with Crippen LogP contribution in [-0.2, 0) is 18.3 Å². The van der Waals surface area contributed by atoms with Crippen molar-refractivity contribution in [3.05, 3.63) is 12.2 Å². The molecule has 0 saturated heterocycles. The summed E-state index contributed by atoms with van der Waals surface area (Å²) in [6.45, 7) is 1.31. The minimum atomic E-state index is 0.0616. The molecule has 84 valence electrons. The second-order valence-corrected chi connectivity index (χ2v) is 3.31. The van der Waals surface area contributed by atoms with E-state index in [2.05, 4.69) is 20.8 Å². The third-order valence-electron chi connectivity index (χ3n) is 2.08. The fourth-order valence-corrected chi connectivity index (χ4v) is 1.17. The molecule has 6 heteroatoms. The van der Waals surface area contributed by atoms with Gasteiger partial charge in [-0.2, -0.15) is 0 Å². The van der Waals surface area contributed by atoms with Crippen molar-refractivity contribution >= 4 is 5.91 Å². The topological polar surface area (TPSA) is 71.8 Å². The molecule has 0 unspecified atom stereocenters. The molecule has 1 heterocycles. The molecule has 0 aliphatic heterocycles. The lowest BCUT2D eigenvalue weighted by atomic mass is 10.3. The Bertz CT molecular complexity index is 309. The van der Waals surface area contributed by atoms with Crippen molar-refractivity contribution in [2.45, 2.75) is 12.8 Å². The predicted octanol–water partition coefficient (Wildman–Crippen LogP) is -0.917. The van der Waals surface area contributed by atoms with Gasteiger partial charge in [-0.05, 0) is 7.05 Å². The van der Waals surface area contributed by atoms with E-state index in [1.54, 1.807) is 6.33 Å². The molecule has 0 atom stereocenters. The quantitative estimate of drug-likeness (QED) is 0.638. The van der Waals surface area contributed by atoms with E-state index >= 15 is 0 Å². The molecule has 2 N–H and O–H groups in total. The van der Waals surface area contributed by atoms with Crippen LogP contribution >= 0.6 is 0 Å². The smallest absolute Gasteiger partial charge is 0.221 e. The van der Waals surface area contributed by atoms with Crippen LogP contribution in [0.25, 0.3) is 0 Å². The highest BCUT2D eigenvalue weighted by molar-refractivity contribution is 5.76. The molecule has 0 spiro atoms. The molecular weight excluding hydrogens is 194 g/mol. The van der Waals surface area contributed by atoms with E-state index in [4.69, 9.17) is 0 Å². The summed E-state index contributed by atoms with van der Waals surface area (Å²) in [5, 5.41) is 13.4. The van der Waals surface area contributed by atoms with Gasteiger partial charge in [-0.15, -0.1) is 10.2 Å². The standard InChI is InChI=1S/C9H17N5O/c1-10-5-4-9(15)11-6-3-8-13-12-7-14(8)2/h7,10H,3-6H2,1-2H3,(H,11,15). The lowest BCUT2D eigenvalue weighted by Crippen LogP contribution is -2.28. The van der Waals surface area contributed by atoms with Gasteiger partial charge in [0.1, 0.15) is 12.2 Å². The van der Waals surface area contributed by atoms with Gasteiger partial charge in [0, 0.05) is 33.0 Å². The number of nitrogens with zero attached hydrogens (tertiary/aromatic N) is 3. The van der Waals surface area contributed by atoms with Crippen molar-refractivity contribution in [3.8, 4) is 0 Å². The Morgan fingerprint density at radius 1 is 1.53 bits per heavy atom. The van der Waals surface area contributed by atoms with Crippen LogP contribution < -0.4 is 10.6 Å². The molecule has 1 aromatic rings. The monoisotopic (exact) mass is 211 g/mol. The van der Waals surface area contributed by atoms with Crippen LogP contribution in [0.3, 0.4) is 0 Å². The van der Waals surface area contributed by atoms with Crippen molar-refractivity contribution < 1.29 is 4.79 Å². The lowest BCUT2D eigenvalue weighted by Gasteiger charge is -2.04. The maximum absolute atomic E-state index is 11.2. The fraction of sp³-hybridized carbons (Fsp3) is 0.667. The van der Waals surface area contributed by atoms with Crippen LogP contribution in [-0.4, -0.2) is 40.8 Å². The number of amides is 1. The van der Waals surface area contributed by atoms with Crippen LogP contribution in [0.4, 0.5) is 0 Å². The Balaban J connectivity index is 2.16. The SMILES string of the molecule is CNCCC(=O)NCCc1nncn1C. The number of hydrogen-bond donors (Lipinski definition) is 2. The molecule has 0 bridgehead atoms. The average Bonchev–Trinajstić information content (AvgIpc) is 2.61. The maximum atomic E-state index is 11.2. The van der Waals surface area contributed by atoms with Crippen LogP contribution in [0.1, 0.15) is 12.2 Å². The molecule has 0 fully saturated rings. The van der Waals surface area contributed by atoms with Crippen LogP contribution in [0, 0.1) is 0 Å². The summed E-state index contributed by atoms with van der Waals surface area (Å²) in [5.41, 5.74) is 0. The second kappa shape index (κ2) is 6.13. The van der Waals surface area contributed by atoms with E-state index in [-0.39, 0.29) is 5.91 Å². The van der Waals surface area contributed by atoms with Gasteiger partial charge in [-0.1, -0.05) is 0 Å². The van der Waals surface area contributed by atoms with Gasteiger partial charge in [0.15, 0.2) is 0 Å². The first-order valence-corrected chi connectivity index (χ1v) is 4.98. The molecule has 15 heavy (non-hydrogen) atoms. The molecule has 6 nitrogen and oxygen atoms in total. The summed E-state index contributed by atoms with van der Waals surface area (Å²) >= 11 is 0. The van der Waals surface area contributed by atoms with Gasteiger partial charge in [-0.3, -0.25) is 4.79 Å². The first kappa shape index (κ1) is 11.6. The van der Waals surface area contributed by atoms with Crippen molar-refractivity contribution in [2.24, 2.45) is 7.05 Å².